The van der Waals surface area contributed by atoms with Crippen molar-refractivity contribution >= 4 is 29.1 Å². The van der Waals surface area contributed by atoms with Gasteiger partial charge in [0.1, 0.15) is 12.1 Å². The second-order valence-corrected chi connectivity index (χ2v) is 12.7. The number of aliphatic hydroxyl groups excluding tert-OH is 1. The Morgan fingerprint density at radius 3 is 2.40 bits per heavy atom. The van der Waals surface area contributed by atoms with Gasteiger partial charge < -0.3 is 26.4 Å². The molecule has 2 heterocycles. The first-order valence-electron chi connectivity index (χ1n) is 14.2. The Balaban J connectivity index is 1.65. The van der Waals surface area contributed by atoms with Crippen LogP contribution in [-0.4, -0.2) is 64.0 Å². The largest absolute Gasteiger partial charge is 0.391 e. The van der Waals surface area contributed by atoms with E-state index in [-0.39, 0.29) is 36.7 Å². The average molecular weight is 572 g/mol. The van der Waals surface area contributed by atoms with Crippen LogP contribution >= 0.6 is 11.3 Å². The molecule has 1 aliphatic heterocycles. The van der Waals surface area contributed by atoms with Gasteiger partial charge in [-0.2, -0.15) is 0 Å². The van der Waals surface area contributed by atoms with Gasteiger partial charge in [-0.25, -0.2) is 4.98 Å². The lowest BCUT2D eigenvalue weighted by Gasteiger charge is -2.35. The Morgan fingerprint density at radius 2 is 1.80 bits per heavy atom. The van der Waals surface area contributed by atoms with Crippen LogP contribution in [0.4, 0.5) is 0 Å². The van der Waals surface area contributed by atoms with E-state index >= 15 is 0 Å². The number of carbonyl (C=O) groups is 3. The quantitative estimate of drug-likeness (QED) is 0.287. The predicted molar refractivity (Wildman–Crippen MR) is 158 cm³/mol. The smallest absolute Gasteiger partial charge is 0.246 e. The molecule has 3 rings (SSSR count). The molecule has 0 radical (unpaired) electrons. The van der Waals surface area contributed by atoms with Crippen LogP contribution in [0.2, 0.25) is 0 Å². The fourth-order valence-corrected chi connectivity index (χ4v) is 5.84. The molecule has 0 bridgehead atoms. The Morgan fingerprint density at radius 1 is 1.12 bits per heavy atom. The van der Waals surface area contributed by atoms with Gasteiger partial charge in [-0.15, -0.1) is 11.3 Å². The van der Waals surface area contributed by atoms with Gasteiger partial charge >= 0.3 is 0 Å². The summed E-state index contributed by atoms with van der Waals surface area (Å²) in [7, 11) is 0. The number of carbonyl (C=O) groups excluding carboxylic acids is 3. The van der Waals surface area contributed by atoms with Crippen LogP contribution in [0.3, 0.4) is 0 Å². The number of likely N-dealkylation sites (tertiary alicyclic amines) is 1. The number of benzene rings is 1. The highest BCUT2D eigenvalue weighted by atomic mass is 32.1. The number of nitrogens with zero attached hydrogens (tertiary/aromatic N) is 2. The zero-order valence-corrected chi connectivity index (χ0v) is 25.2. The van der Waals surface area contributed by atoms with Gasteiger partial charge in [0.2, 0.25) is 17.7 Å². The minimum Gasteiger partial charge on any atom is -0.391 e. The Labute approximate surface area is 241 Å². The van der Waals surface area contributed by atoms with E-state index in [9.17, 15) is 19.5 Å². The number of hydrogen-bond acceptors (Lipinski definition) is 7. The third kappa shape index (κ3) is 8.34. The highest BCUT2D eigenvalue weighted by molar-refractivity contribution is 7.13. The standard InChI is InChI=1S/C30H45N5O4S/c1-19(21-11-13-22(14-12-21)26-20(2)32-18-40-26)33-28(38)24-16-23(36)17-35(24)29(39)27(30(3,4)5)34-25(37)10-8-6-7-9-15-31/h11-14,18-19,23-24,27,36H,6-10,15-17,31H2,1-5H3,(H,33,38)(H,34,37)/t19-,23+,24-,27?/m0/s1. The van der Waals surface area contributed by atoms with Crippen molar-refractivity contribution in [2.45, 2.75) is 97.4 Å². The summed E-state index contributed by atoms with van der Waals surface area (Å²) in [5.74, 6) is -0.858. The maximum Gasteiger partial charge on any atom is 0.246 e. The molecule has 10 heteroatoms. The number of thiazole rings is 1. The van der Waals surface area contributed by atoms with E-state index in [2.05, 4.69) is 15.6 Å². The number of aliphatic hydroxyl groups is 1. The molecule has 0 saturated carbocycles. The van der Waals surface area contributed by atoms with Crippen molar-refractivity contribution in [1.82, 2.24) is 20.5 Å². The third-order valence-electron chi connectivity index (χ3n) is 7.42. The van der Waals surface area contributed by atoms with E-state index in [1.54, 1.807) is 11.3 Å². The van der Waals surface area contributed by atoms with Crippen molar-refractivity contribution in [3.63, 3.8) is 0 Å². The van der Waals surface area contributed by atoms with Gasteiger partial charge in [0, 0.05) is 19.4 Å². The maximum atomic E-state index is 13.7. The molecule has 0 aliphatic carbocycles. The fraction of sp³-hybridized carbons (Fsp3) is 0.600. The summed E-state index contributed by atoms with van der Waals surface area (Å²) in [6, 6.07) is 6.06. The second kappa shape index (κ2) is 14.2. The highest BCUT2D eigenvalue weighted by Gasteiger charge is 2.44. The van der Waals surface area contributed by atoms with Crippen molar-refractivity contribution < 1.29 is 19.5 Å². The summed E-state index contributed by atoms with van der Waals surface area (Å²) >= 11 is 1.59. The number of aromatic nitrogens is 1. The van der Waals surface area contributed by atoms with Crippen molar-refractivity contribution in [2.24, 2.45) is 11.1 Å². The molecule has 4 atom stereocenters. The molecular formula is C30H45N5O4S. The molecule has 1 aliphatic rings. The molecule has 2 aromatic rings. The first kappa shape index (κ1) is 31.7. The second-order valence-electron chi connectivity index (χ2n) is 11.8. The number of β-amino-alcohol motifs (C(OH)–C–C–N with tert-alkyl or cyclic N) is 1. The van der Waals surface area contributed by atoms with Crippen molar-refractivity contribution in [1.29, 1.82) is 0 Å². The lowest BCUT2D eigenvalue weighted by atomic mass is 9.85. The van der Waals surface area contributed by atoms with Crippen molar-refractivity contribution in [3.05, 3.63) is 41.0 Å². The number of unbranched alkanes of at least 4 members (excludes halogenated alkanes) is 3. The maximum absolute atomic E-state index is 13.7. The van der Waals surface area contributed by atoms with E-state index in [1.165, 1.54) is 4.90 Å². The zero-order chi connectivity index (χ0) is 29.4. The van der Waals surface area contributed by atoms with Crippen molar-refractivity contribution in [3.8, 4) is 10.4 Å². The van der Waals surface area contributed by atoms with Crippen LogP contribution in [0.1, 0.15) is 83.5 Å². The molecule has 3 amide bonds. The average Bonchev–Trinajstić information content (AvgIpc) is 3.51. The van der Waals surface area contributed by atoms with Gasteiger partial charge in [0.05, 0.1) is 28.2 Å². The Bertz CT molecular complexity index is 1140. The zero-order valence-electron chi connectivity index (χ0n) is 24.4. The number of aryl methyl sites for hydroxylation is 1. The highest BCUT2D eigenvalue weighted by Crippen LogP contribution is 2.29. The third-order valence-corrected chi connectivity index (χ3v) is 8.40. The number of hydrogen-bond donors (Lipinski definition) is 4. The molecular weight excluding hydrogens is 526 g/mol. The van der Waals surface area contributed by atoms with Crippen LogP contribution in [0.5, 0.6) is 0 Å². The van der Waals surface area contributed by atoms with E-state index in [1.807, 2.05) is 64.4 Å². The summed E-state index contributed by atoms with van der Waals surface area (Å²) < 4.78 is 0. The van der Waals surface area contributed by atoms with Crippen LogP contribution in [0, 0.1) is 12.3 Å². The molecule has 1 fully saturated rings. The van der Waals surface area contributed by atoms with Gasteiger partial charge in [0.15, 0.2) is 0 Å². The predicted octanol–water partition coefficient (Wildman–Crippen LogP) is 3.70. The fourth-order valence-electron chi connectivity index (χ4n) is 5.03. The molecule has 1 unspecified atom stereocenters. The molecule has 5 N–H and O–H groups in total. The minimum absolute atomic E-state index is 0.0513. The first-order chi connectivity index (χ1) is 18.9. The lowest BCUT2D eigenvalue weighted by molar-refractivity contribution is -0.144. The number of nitrogens with one attached hydrogen (secondary N) is 2. The summed E-state index contributed by atoms with van der Waals surface area (Å²) in [6.07, 6.45) is 3.22. The van der Waals surface area contributed by atoms with Gasteiger partial charge in [-0.3, -0.25) is 14.4 Å². The SMILES string of the molecule is Cc1ncsc1-c1ccc([C@H](C)NC(=O)[C@@H]2C[C@@H](O)CN2C(=O)C(NC(=O)CCCCCCN)C(C)(C)C)cc1. The topological polar surface area (TPSA) is 138 Å². The summed E-state index contributed by atoms with van der Waals surface area (Å²) in [5.41, 5.74) is 9.77. The number of rotatable bonds is 12. The number of amides is 3. The monoisotopic (exact) mass is 571 g/mol. The molecule has 1 saturated heterocycles. The van der Waals surface area contributed by atoms with Crippen molar-refractivity contribution in [2.75, 3.05) is 13.1 Å². The number of nitrogens with two attached hydrogens (primary N) is 1. The van der Waals surface area contributed by atoms with Crippen LogP contribution in [-0.2, 0) is 14.4 Å². The first-order valence-corrected chi connectivity index (χ1v) is 15.1. The van der Waals surface area contributed by atoms with Gasteiger partial charge in [-0.1, -0.05) is 57.9 Å². The van der Waals surface area contributed by atoms with E-state index in [0.29, 0.717) is 13.0 Å². The van der Waals surface area contributed by atoms with Gasteiger partial charge in [0.25, 0.3) is 0 Å². The Hall–Kier alpha value is -2.82. The summed E-state index contributed by atoms with van der Waals surface area (Å²) in [5, 5.41) is 16.4. The molecule has 0 spiro atoms. The summed E-state index contributed by atoms with van der Waals surface area (Å²) in [4.78, 5) is 46.7. The van der Waals surface area contributed by atoms with E-state index in [0.717, 1.165) is 47.4 Å². The van der Waals surface area contributed by atoms with Crippen LogP contribution in [0.25, 0.3) is 10.4 Å². The van der Waals surface area contributed by atoms with E-state index < -0.39 is 23.6 Å². The minimum atomic E-state index is -0.818. The van der Waals surface area contributed by atoms with Crippen LogP contribution < -0.4 is 16.4 Å². The molecule has 220 valence electrons. The molecule has 40 heavy (non-hydrogen) atoms. The molecule has 9 nitrogen and oxygen atoms in total. The molecule has 1 aromatic carbocycles. The lowest BCUT2D eigenvalue weighted by Crippen LogP contribution is -2.57. The van der Waals surface area contributed by atoms with Gasteiger partial charge in [-0.05, 0) is 49.8 Å². The Kier molecular flexibility index (Phi) is 11.2. The summed E-state index contributed by atoms with van der Waals surface area (Å²) in [6.45, 7) is 10.2. The van der Waals surface area contributed by atoms with Crippen LogP contribution in [0.15, 0.2) is 29.8 Å². The normalized spacial score (nSPS) is 18.8. The molecule has 1 aromatic heterocycles. The van der Waals surface area contributed by atoms with E-state index in [4.69, 9.17) is 5.73 Å².